The van der Waals surface area contributed by atoms with Crippen molar-refractivity contribution < 1.29 is 0 Å². The van der Waals surface area contributed by atoms with Gasteiger partial charge in [-0.15, -0.1) is 0 Å². The van der Waals surface area contributed by atoms with Crippen LogP contribution in [0.5, 0.6) is 0 Å². The molecule has 3 rings (SSSR count). The van der Waals surface area contributed by atoms with Gasteiger partial charge in [0.2, 0.25) is 0 Å². The van der Waals surface area contributed by atoms with Gasteiger partial charge in [0.15, 0.2) is 0 Å². The van der Waals surface area contributed by atoms with Crippen molar-refractivity contribution in [3.63, 3.8) is 0 Å². The smallest absolute Gasteiger partial charge is 0.142 e. The molecule has 3 aromatic rings. The van der Waals surface area contributed by atoms with Gasteiger partial charge in [0.1, 0.15) is 17.3 Å². The van der Waals surface area contributed by atoms with E-state index in [9.17, 15) is 0 Å². The van der Waals surface area contributed by atoms with Crippen molar-refractivity contribution >= 4 is 17.4 Å². The Morgan fingerprint density at radius 1 is 1.10 bits per heavy atom. The molecule has 106 valence electrons. The van der Waals surface area contributed by atoms with E-state index in [-0.39, 0.29) is 0 Å². The molecular formula is C17H16ClN3. The molecule has 21 heavy (non-hydrogen) atoms. The Morgan fingerprint density at radius 3 is 2.48 bits per heavy atom. The van der Waals surface area contributed by atoms with Crippen LogP contribution in [0.15, 0.2) is 48.5 Å². The van der Waals surface area contributed by atoms with Crippen LogP contribution in [0.3, 0.4) is 0 Å². The lowest BCUT2D eigenvalue weighted by atomic mass is 10.1. The summed E-state index contributed by atoms with van der Waals surface area (Å²) in [5.74, 6) is 1.51. The molecule has 0 unspecified atom stereocenters. The second kappa shape index (κ2) is 5.26. The summed E-state index contributed by atoms with van der Waals surface area (Å²) in [6.07, 6.45) is 0. The lowest BCUT2D eigenvalue weighted by molar-refractivity contribution is 0.937. The maximum atomic E-state index is 6.25. The summed E-state index contributed by atoms with van der Waals surface area (Å²) in [5.41, 5.74) is 10.2. The van der Waals surface area contributed by atoms with Gasteiger partial charge in [-0.3, -0.25) is 0 Å². The number of nitrogens with zero attached hydrogens (tertiary/aromatic N) is 2. The molecule has 1 aromatic heterocycles. The molecule has 1 heterocycles. The number of imidazole rings is 1. The molecule has 2 aromatic carbocycles. The van der Waals surface area contributed by atoms with Gasteiger partial charge in [0, 0.05) is 23.2 Å². The van der Waals surface area contributed by atoms with Gasteiger partial charge in [-0.25, -0.2) is 4.98 Å². The minimum atomic E-state index is 0.652. The number of benzene rings is 2. The number of halogens is 1. The van der Waals surface area contributed by atoms with Crippen molar-refractivity contribution in [1.82, 2.24) is 9.55 Å². The third-order valence-corrected chi connectivity index (χ3v) is 3.85. The van der Waals surface area contributed by atoms with E-state index in [0.29, 0.717) is 10.8 Å². The zero-order chi connectivity index (χ0) is 15.0. The highest BCUT2D eigenvalue weighted by Gasteiger charge is 2.16. The van der Waals surface area contributed by atoms with Gasteiger partial charge in [-0.2, -0.15) is 0 Å². The molecule has 0 saturated heterocycles. The molecule has 0 aliphatic rings. The fraction of sp³-hybridized carbons (Fsp3) is 0.118. The molecule has 0 spiro atoms. The van der Waals surface area contributed by atoms with Gasteiger partial charge in [-0.05, 0) is 24.6 Å². The first-order valence-corrected chi connectivity index (χ1v) is 7.10. The van der Waals surface area contributed by atoms with Gasteiger partial charge in [-0.1, -0.05) is 48.0 Å². The second-order valence-corrected chi connectivity index (χ2v) is 5.49. The van der Waals surface area contributed by atoms with E-state index in [1.807, 2.05) is 67.1 Å². The summed E-state index contributed by atoms with van der Waals surface area (Å²) in [6, 6.07) is 15.8. The van der Waals surface area contributed by atoms with Crippen molar-refractivity contribution in [2.75, 3.05) is 5.73 Å². The van der Waals surface area contributed by atoms with E-state index in [1.54, 1.807) is 0 Å². The van der Waals surface area contributed by atoms with Crippen molar-refractivity contribution in [3.8, 4) is 22.6 Å². The summed E-state index contributed by atoms with van der Waals surface area (Å²) in [6.45, 7) is 2.01. The molecule has 0 amide bonds. The molecule has 0 radical (unpaired) electrons. The number of anilines is 1. The second-order valence-electron chi connectivity index (χ2n) is 5.05. The third kappa shape index (κ3) is 2.41. The monoisotopic (exact) mass is 297 g/mol. The van der Waals surface area contributed by atoms with Gasteiger partial charge < -0.3 is 10.3 Å². The van der Waals surface area contributed by atoms with Crippen molar-refractivity contribution in [3.05, 3.63) is 59.1 Å². The molecule has 0 bridgehead atoms. The number of hydrogen-bond acceptors (Lipinski definition) is 2. The van der Waals surface area contributed by atoms with Crippen LogP contribution in [-0.2, 0) is 7.05 Å². The van der Waals surface area contributed by atoms with Crippen LogP contribution in [0.1, 0.15) is 5.56 Å². The number of nitrogens with two attached hydrogens (primary N) is 1. The van der Waals surface area contributed by atoms with Crippen LogP contribution in [0, 0.1) is 6.92 Å². The molecule has 0 aliphatic heterocycles. The van der Waals surface area contributed by atoms with E-state index >= 15 is 0 Å². The highest BCUT2D eigenvalue weighted by Crippen LogP contribution is 2.32. The minimum absolute atomic E-state index is 0.652. The van der Waals surface area contributed by atoms with Crippen molar-refractivity contribution in [2.24, 2.45) is 7.05 Å². The number of hydrogen-bond donors (Lipinski definition) is 1. The van der Waals surface area contributed by atoms with E-state index in [1.165, 1.54) is 0 Å². The molecule has 0 saturated carbocycles. The predicted octanol–water partition coefficient (Wildman–Crippen LogP) is 4.30. The fourth-order valence-corrected chi connectivity index (χ4v) is 2.67. The van der Waals surface area contributed by atoms with E-state index in [0.717, 1.165) is 28.2 Å². The Kier molecular flexibility index (Phi) is 3.43. The summed E-state index contributed by atoms with van der Waals surface area (Å²) >= 11 is 6.02. The van der Waals surface area contributed by atoms with Crippen LogP contribution in [0.25, 0.3) is 22.6 Å². The highest BCUT2D eigenvalue weighted by atomic mass is 35.5. The summed E-state index contributed by atoms with van der Waals surface area (Å²) in [7, 11) is 1.93. The molecular weight excluding hydrogens is 282 g/mol. The Labute approximate surface area is 129 Å². The average Bonchev–Trinajstić information content (AvgIpc) is 2.77. The van der Waals surface area contributed by atoms with Crippen LogP contribution >= 0.6 is 11.6 Å². The quantitative estimate of drug-likeness (QED) is 0.766. The average molecular weight is 298 g/mol. The molecule has 4 heteroatoms. The van der Waals surface area contributed by atoms with Crippen LogP contribution < -0.4 is 5.73 Å². The zero-order valence-corrected chi connectivity index (χ0v) is 12.7. The van der Waals surface area contributed by atoms with Gasteiger partial charge >= 0.3 is 0 Å². The van der Waals surface area contributed by atoms with Crippen LogP contribution in [0.4, 0.5) is 5.82 Å². The fourth-order valence-electron chi connectivity index (χ4n) is 2.45. The Hall–Kier alpha value is -2.26. The first-order chi connectivity index (χ1) is 10.1. The minimum Gasteiger partial charge on any atom is -0.383 e. The van der Waals surface area contributed by atoms with Gasteiger partial charge in [0.05, 0.1) is 0 Å². The molecule has 2 N–H and O–H groups in total. The number of aromatic nitrogens is 2. The predicted molar refractivity (Wildman–Crippen MR) is 88.2 cm³/mol. The topological polar surface area (TPSA) is 43.8 Å². The summed E-state index contributed by atoms with van der Waals surface area (Å²) in [5, 5.41) is 0.717. The molecule has 0 atom stereocenters. The van der Waals surface area contributed by atoms with E-state index < -0.39 is 0 Å². The normalized spacial score (nSPS) is 10.8. The summed E-state index contributed by atoms with van der Waals surface area (Å²) < 4.78 is 1.92. The van der Waals surface area contributed by atoms with Crippen molar-refractivity contribution in [1.29, 1.82) is 0 Å². The Morgan fingerprint density at radius 2 is 1.81 bits per heavy atom. The standard InChI is InChI=1S/C17H16ClN3/c1-11-10-13(18)8-9-14(11)15-16(19)21(2)17(20-15)12-6-4-3-5-7-12/h3-10H,19H2,1-2H3. The maximum absolute atomic E-state index is 6.25. The Bertz CT molecular complexity index is 791. The van der Waals surface area contributed by atoms with Crippen molar-refractivity contribution in [2.45, 2.75) is 6.92 Å². The number of aryl methyl sites for hydroxylation is 1. The molecule has 0 fully saturated rings. The van der Waals surface area contributed by atoms with Gasteiger partial charge in [0.25, 0.3) is 0 Å². The van der Waals surface area contributed by atoms with E-state index in [2.05, 4.69) is 0 Å². The first-order valence-electron chi connectivity index (χ1n) is 6.72. The largest absolute Gasteiger partial charge is 0.383 e. The SMILES string of the molecule is Cc1cc(Cl)ccc1-c1nc(-c2ccccc2)n(C)c1N. The number of nitrogen functional groups attached to an aromatic ring is 1. The van der Waals surface area contributed by atoms with Crippen LogP contribution in [0.2, 0.25) is 5.02 Å². The maximum Gasteiger partial charge on any atom is 0.142 e. The summed E-state index contributed by atoms with van der Waals surface area (Å²) in [4.78, 5) is 4.74. The molecule has 0 aliphatic carbocycles. The number of rotatable bonds is 2. The lowest BCUT2D eigenvalue weighted by Crippen LogP contribution is -1.99. The third-order valence-electron chi connectivity index (χ3n) is 3.61. The highest BCUT2D eigenvalue weighted by molar-refractivity contribution is 6.30. The van der Waals surface area contributed by atoms with Crippen LogP contribution in [-0.4, -0.2) is 9.55 Å². The zero-order valence-electron chi connectivity index (χ0n) is 12.0. The Balaban J connectivity index is 2.17. The van der Waals surface area contributed by atoms with E-state index in [4.69, 9.17) is 22.3 Å². The first kappa shape index (κ1) is 13.7. The lowest BCUT2D eigenvalue weighted by Gasteiger charge is -2.05. The molecule has 3 nitrogen and oxygen atoms in total.